The van der Waals surface area contributed by atoms with Crippen LogP contribution in [0.25, 0.3) is 0 Å². The Balaban J connectivity index is 1.57. The minimum absolute atomic E-state index is 0.146. The molecule has 0 spiro atoms. The van der Waals surface area contributed by atoms with Crippen LogP contribution in [0.2, 0.25) is 0 Å². The van der Waals surface area contributed by atoms with Crippen LogP contribution < -0.4 is 4.74 Å². The van der Waals surface area contributed by atoms with Crippen LogP contribution in [0, 0.1) is 13.8 Å². The van der Waals surface area contributed by atoms with E-state index in [-0.39, 0.29) is 13.2 Å². The lowest BCUT2D eigenvalue weighted by Crippen LogP contribution is -2.38. The maximum Gasteiger partial charge on any atom is 0.240 e. The Kier molecular flexibility index (Phi) is 6.63. The summed E-state index contributed by atoms with van der Waals surface area (Å²) in [5, 5.41) is 13.4. The van der Waals surface area contributed by atoms with Crippen LogP contribution in [0.15, 0.2) is 22.7 Å². The quantitative estimate of drug-likeness (QED) is 0.779. The average molecular weight is 359 g/mol. The van der Waals surface area contributed by atoms with E-state index in [1.165, 1.54) is 43.2 Å². The van der Waals surface area contributed by atoms with Crippen LogP contribution in [0.4, 0.5) is 0 Å². The van der Waals surface area contributed by atoms with E-state index in [0.29, 0.717) is 30.8 Å². The van der Waals surface area contributed by atoms with Gasteiger partial charge < -0.3 is 14.4 Å². The molecular weight excluding hydrogens is 330 g/mol. The van der Waals surface area contributed by atoms with E-state index in [4.69, 9.17) is 9.26 Å². The first-order valence-corrected chi connectivity index (χ1v) is 9.51. The van der Waals surface area contributed by atoms with Gasteiger partial charge in [-0.05, 0) is 49.9 Å². The fourth-order valence-electron chi connectivity index (χ4n) is 3.72. The second-order valence-electron chi connectivity index (χ2n) is 7.20. The van der Waals surface area contributed by atoms with Crippen molar-refractivity contribution >= 4 is 0 Å². The third kappa shape index (κ3) is 5.29. The van der Waals surface area contributed by atoms with Crippen molar-refractivity contribution < 1.29 is 14.4 Å². The number of ether oxygens (including phenoxy) is 1. The van der Waals surface area contributed by atoms with E-state index in [1.54, 1.807) is 0 Å². The summed E-state index contributed by atoms with van der Waals surface area (Å²) in [7, 11) is 0. The van der Waals surface area contributed by atoms with Gasteiger partial charge in [0.25, 0.3) is 0 Å². The Hall–Kier alpha value is -1.92. The molecular formula is C20H29N3O3. The van der Waals surface area contributed by atoms with E-state index in [1.807, 2.05) is 26.0 Å². The molecule has 1 aliphatic rings. The second-order valence-corrected chi connectivity index (χ2v) is 7.20. The summed E-state index contributed by atoms with van der Waals surface area (Å²) in [6, 6.07) is 6.61. The molecule has 0 radical (unpaired) electrons. The molecule has 1 fully saturated rings. The fraction of sp³-hybridized carbons (Fsp3) is 0.600. The molecule has 26 heavy (non-hydrogen) atoms. The number of aliphatic hydroxyl groups excluding tert-OH is 1. The van der Waals surface area contributed by atoms with Crippen molar-refractivity contribution in [3.05, 3.63) is 41.0 Å². The SMILES string of the molecule is Cc1cc(C)cc(OCc2noc(CN(CCO)C3CCCCC3)n2)c1. The largest absolute Gasteiger partial charge is 0.485 e. The van der Waals surface area contributed by atoms with Gasteiger partial charge in [0.2, 0.25) is 11.7 Å². The van der Waals surface area contributed by atoms with Crippen LogP contribution in [0.1, 0.15) is 54.9 Å². The summed E-state index contributed by atoms with van der Waals surface area (Å²) in [5.41, 5.74) is 2.34. The summed E-state index contributed by atoms with van der Waals surface area (Å²) >= 11 is 0. The topological polar surface area (TPSA) is 71.6 Å². The molecule has 1 N–H and O–H groups in total. The number of aliphatic hydroxyl groups is 1. The number of hydrogen-bond donors (Lipinski definition) is 1. The normalized spacial score (nSPS) is 15.5. The molecule has 1 aromatic heterocycles. The summed E-state index contributed by atoms with van der Waals surface area (Å²) in [6.07, 6.45) is 6.18. The van der Waals surface area contributed by atoms with E-state index in [0.717, 1.165) is 5.75 Å². The highest BCUT2D eigenvalue weighted by atomic mass is 16.5. The molecule has 1 heterocycles. The van der Waals surface area contributed by atoms with Crippen molar-refractivity contribution in [2.75, 3.05) is 13.2 Å². The van der Waals surface area contributed by atoms with E-state index in [9.17, 15) is 5.11 Å². The lowest BCUT2D eigenvalue weighted by molar-refractivity contribution is 0.105. The van der Waals surface area contributed by atoms with Gasteiger partial charge in [-0.15, -0.1) is 0 Å². The van der Waals surface area contributed by atoms with Crippen LogP contribution in [0.5, 0.6) is 5.75 Å². The molecule has 0 atom stereocenters. The van der Waals surface area contributed by atoms with Crippen LogP contribution >= 0.6 is 0 Å². The summed E-state index contributed by atoms with van der Waals surface area (Å²) in [6.45, 7) is 5.76. The van der Waals surface area contributed by atoms with Crippen LogP contribution in [-0.2, 0) is 13.2 Å². The monoisotopic (exact) mass is 359 g/mol. The number of rotatable bonds is 8. The minimum atomic E-state index is 0.146. The maximum absolute atomic E-state index is 9.38. The first-order chi connectivity index (χ1) is 12.6. The van der Waals surface area contributed by atoms with E-state index < -0.39 is 0 Å². The Morgan fingerprint density at radius 1 is 1.15 bits per heavy atom. The van der Waals surface area contributed by atoms with Crippen molar-refractivity contribution in [1.82, 2.24) is 15.0 Å². The van der Waals surface area contributed by atoms with Crippen molar-refractivity contribution in [3.63, 3.8) is 0 Å². The predicted molar refractivity (Wildman–Crippen MR) is 98.9 cm³/mol. The highest BCUT2D eigenvalue weighted by Crippen LogP contribution is 2.23. The number of nitrogens with zero attached hydrogens (tertiary/aromatic N) is 3. The van der Waals surface area contributed by atoms with Crippen LogP contribution in [-0.4, -0.2) is 39.3 Å². The zero-order chi connectivity index (χ0) is 18.4. The molecule has 1 aromatic carbocycles. The van der Waals surface area contributed by atoms with Gasteiger partial charge in [-0.2, -0.15) is 4.98 Å². The molecule has 6 heteroatoms. The highest BCUT2D eigenvalue weighted by Gasteiger charge is 2.22. The molecule has 1 saturated carbocycles. The summed E-state index contributed by atoms with van der Waals surface area (Å²) < 4.78 is 11.2. The van der Waals surface area contributed by atoms with E-state index >= 15 is 0 Å². The molecule has 0 saturated heterocycles. The smallest absolute Gasteiger partial charge is 0.240 e. The number of hydrogen-bond acceptors (Lipinski definition) is 6. The number of aryl methyl sites for hydroxylation is 2. The van der Waals surface area contributed by atoms with Crippen molar-refractivity contribution in [2.45, 2.75) is 65.1 Å². The zero-order valence-corrected chi connectivity index (χ0v) is 15.8. The molecule has 2 aromatic rings. The summed E-state index contributed by atoms with van der Waals surface area (Å²) in [4.78, 5) is 6.73. The number of aromatic nitrogens is 2. The first kappa shape index (κ1) is 18.9. The third-order valence-electron chi connectivity index (χ3n) is 4.89. The highest BCUT2D eigenvalue weighted by molar-refractivity contribution is 5.33. The first-order valence-electron chi connectivity index (χ1n) is 9.51. The number of benzene rings is 1. The van der Waals surface area contributed by atoms with Gasteiger partial charge in [0, 0.05) is 12.6 Å². The Morgan fingerprint density at radius 2 is 1.88 bits per heavy atom. The van der Waals surface area contributed by atoms with Gasteiger partial charge in [-0.1, -0.05) is 30.5 Å². The Labute approximate surface area is 155 Å². The van der Waals surface area contributed by atoms with Gasteiger partial charge in [-0.3, -0.25) is 4.90 Å². The van der Waals surface area contributed by atoms with Gasteiger partial charge >= 0.3 is 0 Å². The molecule has 0 bridgehead atoms. The maximum atomic E-state index is 9.38. The third-order valence-corrected chi connectivity index (χ3v) is 4.89. The molecule has 142 valence electrons. The van der Waals surface area contributed by atoms with Crippen molar-refractivity contribution in [1.29, 1.82) is 0 Å². The molecule has 0 aliphatic heterocycles. The fourth-order valence-corrected chi connectivity index (χ4v) is 3.72. The van der Waals surface area contributed by atoms with Gasteiger partial charge in [-0.25, -0.2) is 0 Å². The van der Waals surface area contributed by atoms with Gasteiger partial charge in [0.15, 0.2) is 6.61 Å². The average Bonchev–Trinajstić information content (AvgIpc) is 3.07. The Bertz CT molecular complexity index is 675. The van der Waals surface area contributed by atoms with Gasteiger partial charge in [0.1, 0.15) is 5.75 Å². The minimum Gasteiger partial charge on any atom is -0.485 e. The predicted octanol–water partition coefficient (Wildman–Crippen LogP) is 3.39. The Morgan fingerprint density at radius 3 is 2.58 bits per heavy atom. The second kappa shape index (κ2) is 9.14. The lowest BCUT2D eigenvalue weighted by Gasteiger charge is -2.32. The van der Waals surface area contributed by atoms with Crippen molar-refractivity contribution in [2.24, 2.45) is 0 Å². The summed E-state index contributed by atoms with van der Waals surface area (Å²) in [5.74, 6) is 1.95. The van der Waals surface area contributed by atoms with Crippen LogP contribution in [0.3, 0.4) is 0 Å². The molecule has 6 nitrogen and oxygen atoms in total. The molecule has 0 amide bonds. The molecule has 0 unspecified atom stereocenters. The zero-order valence-electron chi connectivity index (χ0n) is 15.8. The molecule has 3 rings (SSSR count). The molecule has 1 aliphatic carbocycles. The standard InChI is InChI=1S/C20H29N3O3/c1-15-10-16(2)12-18(11-15)25-14-19-21-20(26-22-19)13-23(8-9-24)17-6-4-3-5-7-17/h10-12,17,24H,3-9,13-14H2,1-2H3. The van der Waals surface area contributed by atoms with Gasteiger partial charge in [0.05, 0.1) is 13.2 Å². The van der Waals surface area contributed by atoms with E-state index in [2.05, 4.69) is 21.1 Å². The van der Waals surface area contributed by atoms with Crippen molar-refractivity contribution in [3.8, 4) is 5.75 Å². The lowest BCUT2D eigenvalue weighted by atomic mass is 9.94.